The molecule has 0 saturated heterocycles. The van der Waals surface area contributed by atoms with Gasteiger partial charge in [-0.1, -0.05) is 42.1 Å². The van der Waals surface area contributed by atoms with Gasteiger partial charge >= 0.3 is 0 Å². The lowest BCUT2D eigenvalue weighted by molar-refractivity contribution is 0.0989. The highest BCUT2D eigenvalue weighted by Crippen LogP contribution is 2.14. The molecule has 3 nitrogen and oxygen atoms in total. The van der Waals surface area contributed by atoms with E-state index in [0.717, 1.165) is 16.5 Å². The van der Waals surface area contributed by atoms with Crippen molar-refractivity contribution in [2.45, 2.75) is 11.6 Å². The first kappa shape index (κ1) is 11.0. The number of aromatic amines is 1. The smallest absolute Gasteiger partial charge is 0.165 e. The quantitative estimate of drug-likeness (QED) is 0.637. The van der Waals surface area contributed by atoms with Crippen LogP contribution >= 0.6 is 11.8 Å². The number of nitrogens with zero attached hydrogens (tertiary/aromatic N) is 1. The minimum absolute atomic E-state index is 0.180. The molecular weight excluding hydrogens is 220 g/mol. The Bertz CT molecular complexity index is 439. The molecule has 0 aliphatic heterocycles. The predicted octanol–water partition coefficient (Wildman–Crippen LogP) is 2.77. The van der Waals surface area contributed by atoms with Crippen molar-refractivity contribution in [1.82, 2.24) is 9.97 Å². The summed E-state index contributed by atoms with van der Waals surface area (Å²) in [6, 6.07) is 9.37. The molecule has 2 aromatic rings. The number of imidazole rings is 1. The number of ketones is 1. The van der Waals surface area contributed by atoms with Gasteiger partial charge in [-0.2, -0.15) is 0 Å². The average molecular weight is 232 g/mol. The van der Waals surface area contributed by atoms with Crippen LogP contribution in [0.4, 0.5) is 0 Å². The van der Waals surface area contributed by atoms with Crippen LogP contribution in [0.5, 0.6) is 0 Å². The highest BCUT2D eigenvalue weighted by Gasteiger charge is 2.05. The summed E-state index contributed by atoms with van der Waals surface area (Å²) >= 11 is 1.56. The van der Waals surface area contributed by atoms with Crippen LogP contribution in [0.3, 0.4) is 0 Å². The fourth-order valence-electron chi connectivity index (χ4n) is 1.34. The van der Waals surface area contributed by atoms with Crippen LogP contribution in [-0.4, -0.2) is 21.5 Å². The number of benzene rings is 1. The van der Waals surface area contributed by atoms with E-state index in [2.05, 4.69) is 9.97 Å². The Morgan fingerprint density at radius 3 is 2.81 bits per heavy atom. The zero-order valence-corrected chi connectivity index (χ0v) is 9.54. The number of Topliss-reactive ketones (excluding diaryl/α,β-unsaturated/α-hetero) is 1. The number of aromatic nitrogens is 2. The van der Waals surface area contributed by atoms with Crippen molar-refractivity contribution in [2.75, 3.05) is 5.75 Å². The van der Waals surface area contributed by atoms with Gasteiger partial charge in [0.05, 0.1) is 0 Å². The molecule has 0 saturated carbocycles. The number of thioether (sulfide) groups is 1. The number of hydrogen-bond acceptors (Lipinski definition) is 3. The van der Waals surface area contributed by atoms with Crippen LogP contribution in [0.25, 0.3) is 0 Å². The van der Waals surface area contributed by atoms with Gasteiger partial charge in [0.2, 0.25) is 0 Å². The summed E-state index contributed by atoms with van der Waals surface area (Å²) in [7, 11) is 0. The van der Waals surface area contributed by atoms with Crippen LogP contribution in [0.1, 0.15) is 16.8 Å². The zero-order chi connectivity index (χ0) is 11.2. The molecule has 2 rings (SSSR count). The Labute approximate surface area is 98.3 Å². The van der Waals surface area contributed by atoms with Gasteiger partial charge in [0.1, 0.15) is 0 Å². The Morgan fingerprint density at radius 2 is 2.12 bits per heavy atom. The van der Waals surface area contributed by atoms with Gasteiger partial charge in [-0.15, -0.1) is 0 Å². The van der Waals surface area contributed by atoms with E-state index < -0.39 is 0 Å². The van der Waals surface area contributed by atoms with Gasteiger partial charge in [0.25, 0.3) is 0 Å². The molecule has 0 bridgehead atoms. The molecule has 0 amide bonds. The molecule has 0 radical (unpaired) electrons. The van der Waals surface area contributed by atoms with Crippen molar-refractivity contribution >= 4 is 17.5 Å². The summed E-state index contributed by atoms with van der Waals surface area (Å²) < 4.78 is 0. The first-order valence-electron chi connectivity index (χ1n) is 5.06. The SMILES string of the molecule is O=C(CCSc1ncc[nH]1)c1ccccc1. The largest absolute Gasteiger partial charge is 0.340 e. The summed E-state index contributed by atoms with van der Waals surface area (Å²) in [5.41, 5.74) is 0.780. The molecule has 0 unspecified atom stereocenters. The Morgan fingerprint density at radius 1 is 1.31 bits per heavy atom. The van der Waals surface area contributed by atoms with Crippen LogP contribution in [-0.2, 0) is 0 Å². The maximum Gasteiger partial charge on any atom is 0.165 e. The topological polar surface area (TPSA) is 45.8 Å². The molecule has 4 heteroatoms. The van der Waals surface area contributed by atoms with Gasteiger partial charge in [0.15, 0.2) is 10.9 Å². The van der Waals surface area contributed by atoms with E-state index in [1.54, 1.807) is 24.2 Å². The Balaban J connectivity index is 1.81. The van der Waals surface area contributed by atoms with E-state index in [-0.39, 0.29) is 5.78 Å². The van der Waals surface area contributed by atoms with Crippen LogP contribution in [0.2, 0.25) is 0 Å². The van der Waals surface area contributed by atoms with Gasteiger partial charge in [-0.25, -0.2) is 4.98 Å². The zero-order valence-electron chi connectivity index (χ0n) is 8.72. The summed E-state index contributed by atoms with van der Waals surface area (Å²) in [4.78, 5) is 18.8. The molecule has 0 fully saturated rings. The lowest BCUT2D eigenvalue weighted by Gasteiger charge is -1.99. The van der Waals surface area contributed by atoms with Gasteiger partial charge < -0.3 is 4.98 Å². The first-order valence-corrected chi connectivity index (χ1v) is 6.05. The van der Waals surface area contributed by atoms with E-state index in [0.29, 0.717) is 6.42 Å². The molecule has 1 N–H and O–H groups in total. The van der Waals surface area contributed by atoms with E-state index in [4.69, 9.17) is 0 Å². The lowest BCUT2D eigenvalue weighted by atomic mass is 10.1. The third kappa shape index (κ3) is 2.97. The fraction of sp³-hybridized carbons (Fsp3) is 0.167. The summed E-state index contributed by atoms with van der Waals surface area (Å²) in [5, 5.41) is 0.862. The van der Waals surface area contributed by atoms with Crippen molar-refractivity contribution in [3.8, 4) is 0 Å². The number of carbonyl (C=O) groups is 1. The van der Waals surface area contributed by atoms with Crippen molar-refractivity contribution in [1.29, 1.82) is 0 Å². The summed E-state index contributed by atoms with van der Waals surface area (Å²) in [6.07, 6.45) is 4.03. The van der Waals surface area contributed by atoms with E-state index in [9.17, 15) is 4.79 Å². The highest BCUT2D eigenvalue weighted by molar-refractivity contribution is 7.99. The molecule has 0 atom stereocenters. The molecule has 0 spiro atoms. The summed E-state index contributed by atoms with van der Waals surface area (Å²) in [5.74, 6) is 0.931. The second kappa shape index (κ2) is 5.51. The van der Waals surface area contributed by atoms with Crippen LogP contribution in [0.15, 0.2) is 47.9 Å². The summed E-state index contributed by atoms with van der Waals surface area (Å²) in [6.45, 7) is 0. The molecule has 1 heterocycles. The van der Waals surface area contributed by atoms with Gasteiger partial charge in [-0.05, 0) is 0 Å². The second-order valence-corrected chi connectivity index (χ2v) is 4.37. The lowest BCUT2D eigenvalue weighted by Crippen LogP contribution is -2.00. The molecule has 1 aromatic carbocycles. The number of rotatable bonds is 5. The molecule has 16 heavy (non-hydrogen) atoms. The van der Waals surface area contributed by atoms with Crippen molar-refractivity contribution in [3.63, 3.8) is 0 Å². The standard InChI is InChI=1S/C12H12N2OS/c15-11(10-4-2-1-3-5-10)6-9-16-12-13-7-8-14-12/h1-5,7-8H,6,9H2,(H,13,14). The van der Waals surface area contributed by atoms with E-state index >= 15 is 0 Å². The van der Waals surface area contributed by atoms with Gasteiger partial charge in [0, 0.05) is 30.1 Å². The molecular formula is C12H12N2OS. The van der Waals surface area contributed by atoms with Gasteiger partial charge in [-0.3, -0.25) is 4.79 Å². The fourth-order valence-corrected chi connectivity index (χ4v) is 2.11. The monoisotopic (exact) mass is 232 g/mol. The Kier molecular flexibility index (Phi) is 3.77. The number of carbonyl (C=O) groups excluding carboxylic acids is 1. The van der Waals surface area contributed by atoms with Crippen molar-refractivity contribution in [3.05, 3.63) is 48.3 Å². The molecule has 0 aliphatic carbocycles. The molecule has 1 aromatic heterocycles. The third-order valence-electron chi connectivity index (χ3n) is 2.14. The number of H-pyrrole nitrogens is 1. The minimum Gasteiger partial charge on any atom is -0.340 e. The maximum atomic E-state index is 11.7. The van der Waals surface area contributed by atoms with E-state index in [1.807, 2.05) is 30.3 Å². The van der Waals surface area contributed by atoms with Crippen molar-refractivity contribution in [2.24, 2.45) is 0 Å². The van der Waals surface area contributed by atoms with E-state index in [1.165, 1.54) is 0 Å². The molecule has 0 aliphatic rings. The third-order valence-corrected chi connectivity index (χ3v) is 3.04. The Hall–Kier alpha value is -1.55. The maximum absolute atomic E-state index is 11.7. The molecule has 82 valence electrons. The minimum atomic E-state index is 0.180. The normalized spacial score (nSPS) is 10.2. The van der Waals surface area contributed by atoms with Crippen molar-refractivity contribution < 1.29 is 4.79 Å². The highest BCUT2D eigenvalue weighted by atomic mass is 32.2. The van der Waals surface area contributed by atoms with Crippen LogP contribution in [0, 0.1) is 0 Å². The van der Waals surface area contributed by atoms with Crippen LogP contribution < -0.4 is 0 Å². The first-order chi connectivity index (χ1) is 7.86. The second-order valence-electron chi connectivity index (χ2n) is 3.28. The average Bonchev–Trinajstić information content (AvgIpc) is 2.83. The number of hydrogen-bond donors (Lipinski definition) is 1. The predicted molar refractivity (Wildman–Crippen MR) is 64.7 cm³/mol. The number of nitrogens with one attached hydrogen (secondary N) is 1.